The Hall–Kier alpha value is -2.89. The standard InChI is InChI=1S/C21H23FN2O3/c1-3-5-15-8-10-16(11-9-15)21(2)19(25)24(20(26)23-21)12-13-27-18-7-4-6-17(22)14-18/h4,6-11,14H,3,5,12-13H2,1-2H3,(H,23,26). The number of carbonyl (C=O) groups excluding carboxylic acids is 2. The summed E-state index contributed by atoms with van der Waals surface area (Å²) in [6.07, 6.45) is 2.02. The molecule has 0 saturated carbocycles. The van der Waals surface area contributed by atoms with Gasteiger partial charge in [0.05, 0.1) is 6.54 Å². The summed E-state index contributed by atoms with van der Waals surface area (Å²) in [5.41, 5.74) is 0.844. The quantitative estimate of drug-likeness (QED) is 0.758. The third-order valence-electron chi connectivity index (χ3n) is 4.72. The van der Waals surface area contributed by atoms with E-state index in [1.54, 1.807) is 13.0 Å². The Morgan fingerprint density at radius 3 is 2.56 bits per heavy atom. The van der Waals surface area contributed by atoms with Crippen LogP contribution in [0.3, 0.4) is 0 Å². The van der Waals surface area contributed by atoms with E-state index in [-0.39, 0.29) is 19.1 Å². The van der Waals surface area contributed by atoms with Crippen LogP contribution in [0.25, 0.3) is 0 Å². The van der Waals surface area contributed by atoms with Gasteiger partial charge in [-0.25, -0.2) is 9.18 Å². The van der Waals surface area contributed by atoms with Crippen LogP contribution in [0.5, 0.6) is 5.75 Å². The van der Waals surface area contributed by atoms with E-state index in [1.165, 1.54) is 23.8 Å². The molecule has 0 aromatic heterocycles. The second kappa shape index (κ2) is 7.78. The fourth-order valence-electron chi connectivity index (χ4n) is 3.20. The van der Waals surface area contributed by atoms with E-state index in [4.69, 9.17) is 4.74 Å². The van der Waals surface area contributed by atoms with E-state index in [0.717, 1.165) is 23.3 Å². The number of nitrogens with one attached hydrogen (secondary N) is 1. The zero-order valence-electron chi connectivity index (χ0n) is 15.5. The number of hydrogen-bond acceptors (Lipinski definition) is 3. The predicted octanol–water partition coefficient (Wildman–Crippen LogP) is 3.62. The second-order valence-corrected chi connectivity index (χ2v) is 6.76. The van der Waals surface area contributed by atoms with E-state index in [2.05, 4.69) is 12.2 Å². The molecule has 1 N–H and O–H groups in total. The lowest BCUT2D eigenvalue weighted by Crippen LogP contribution is -2.41. The maximum absolute atomic E-state index is 13.2. The van der Waals surface area contributed by atoms with Crippen molar-refractivity contribution in [3.63, 3.8) is 0 Å². The number of benzene rings is 2. The summed E-state index contributed by atoms with van der Waals surface area (Å²) in [5, 5.41) is 2.78. The van der Waals surface area contributed by atoms with Crippen LogP contribution in [0.1, 0.15) is 31.4 Å². The van der Waals surface area contributed by atoms with E-state index in [0.29, 0.717) is 5.75 Å². The fraction of sp³-hybridized carbons (Fsp3) is 0.333. The summed E-state index contributed by atoms with van der Waals surface area (Å²) in [4.78, 5) is 26.3. The lowest BCUT2D eigenvalue weighted by atomic mass is 9.91. The summed E-state index contributed by atoms with van der Waals surface area (Å²) in [7, 11) is 0. The number of ether oxygens (including phenoxy) is 1. The van der Waals surface area contributed by atoms with Gasteiger partial charge in [-0.1, -0.05) is 43.7 Å². The molecule has 27 heavy (non-hydrogen) atoms. The molecule has 1 saturated heterocycles. The lowest BCUT2D eigenvalue weighted by molar-refractivity contribution is -0.131. The highest BCUT2D eigenvalue weighted by Gasteiger charge is 2.48. The van der Waals surface area contributed by atoms with Crippen LogP contribution < -0.4 is 10.1 Å². The number of halogens is 1. The average molecular weight is 370 g/mol. The first kappa shape index (κ1) is 18.9. The number of urea groups is 1. The highest BCUT2D eigenvalue weighted by molar-refractivity contribution is 6.07. The van der Waals surface area contributed by atoms with Gasteiger partial charge in [0.1, 0.15) is 23.7 Å². The smallest absolute Gasteiger partial charge is 0.325 e. The van der Waals surface area contributed by atoms with E-state index in [9.17, 15) is 14.0 Å². The number of nitrogens with zero attached hydrogens (tertiary/aromatic N) is 1. The molecular weight excluding hydrogens is 347 g/mol. The van der Waals surface area contributed by atoms with Crippen LogP contribution in [0.2, 0.25) is 0 Å². The highest BCUT2D eigenvalue weighted by atomic mass is 19.1. The van der Waals surface area contributed by atoms with Crippen LogP contribution in [0.15, 0.2) is 48.5 Å². The summed E-state index contributed by atoms with van der Waals surface area (Å²) < 4.78 is 18.6. The Balaban J connectivity index is 1.66. The number of aryl methyl sites for hydroxylation is 1. The first-order chi connectivity index (χ1) is 12.9. The Morgan fingerprint density at radius 1 is 1.15 bits per heavy atom. The van der Waals surface area contributed by atoms with Crippen LogP contribution in [0, 0.1) is 5.82 Å². The van der Waals surface area contributed by atoms with Crippen molar-refractivity contribution in [1.82, 2.24) is 10.2 Å². The zero-order valence-corrected chi connectivity index (χ0v) is 15.5. The van der Waals surface area contributed by atoms with Crippen LogP contribution in [-0.2, 0) is 16.8 Å². The van der Waals surface area contributed by atoms with Gasteiger partial charge in [-0.3, -0.25) is 9.69 Å². The van der Waals surface area contributed by atoms with Gasteiger partial charge in [0.15, 0.2) is 0 Å². The molecule has 0 aliphatic carbocycles. The molecule has 5 nitrogen and oxygen atoms in total. The number of imide groups is 1. The molecule has 1 aliphatic heterocycles. The molecule has 1 aliphatic rings. The molecule has 142 valence electrons. The lowest BCUT2D eigenvalue weighted by Gasteiger charge is -2.22. The molecule has 6 heteroatoms. The SMILES string of the molecule is CCCc1ccc(C2(C)NC(=O)N(CCOc3cccc(F)c3)C2=O)cc1. The predicted molar refractivity (Wildman–Crippen MR) is 99.9 cm³/mol. The van der Waals surface area contributed by atoms with E-state index >= 15 is 0 Å². The first-order valence-corrected chi connectivity index (χ1v) is 9.06. The topological polar surface area (TPSA) is 58.6 Å². The zero-order chi connectivity index (χ0) is 19.4. The molecule has 1 heterocycles. The molecule has 1 fully saturated rings. The molecule has 1 atom stereocenters. The van der Waals surface area contributed by atoms with Crippen LogP contribution in [-0.4, -0.2) is 30.0 Å². The Labute approximate surface area is 158 Å². The monoisotopic (exact) mass is 370 g/mol. The fourth-order valence-corrected chi connectivity index (χ4v) is 3.20. The van der Waals surface area contributed by atoms with Crippen LogP contribution >= 0.6 is 0 Å². The number of rotatable bonds is 7. The molecule has 3 rings (SSSR count). The van der Waals surface area contributed by atoms with Crippen molar-refractivity contribution in [2.45, 2.75) is 32.2 Å². The van der Waals surface area contributed by atoms with Gasteiger partial charge in [-0.05, 0) is 36.6 Å². The molecule has 2 aromatic rings. The van der Waals surface area contributed by atoms with Crippen molar-refractivity contribution in [2.24, 2.45) is 0 Å². The van der Waals surface area contributed by atoms with Crippen molar-refractivity contribution in [1.29, 1.82) is 0 Å². The maximum atomic E-state index is 13.2. The van der Waals surface area contributed by atoms with Gasteiger partial charge >= 0.3 is 6.03 Å². The Kier molecular flexibility index (Phi) is 5.44. The second-order valence-electron chi connectivity index (χ2n) is 6.76. The molecule has 0 radical (unpaired) electrons. The molecule has 1 unspecified atom stereocenters. The largest absolute Gasteiger partial charge is 0.492 e. The van der Waals surface area contributed by atoms with Crippen molar-refractivity contribution in [2.75, 3.05) is 13.2 Å². The maximum Gasteiger partial charge on any atom is 0.325 e. The average Bonchev–Trinajstić information content (AvgIpc) is 2.86. The van der Waals surface area contributed by atoms with Crippen molar-refractivity contribution in [3.8, 4) is 5.75 Å². The summed E-state index contributed by atoms with van der Waals surface area (Å²) in [6, 6.07) is 13.0. The van der Waals surface area contributed by atoms with Gasteiger partial charge in [-0.2, -0.15) is 0 Å². The normalized spacial score (nSPS) is 19.3. The molecule has 2 aromatic carbocycles. The molecule has 0 bridgehead atoms. The molecular formula is C21H23FN2O3. The van der Waals surface area contributed by atoms with E-state index in [1.807, 2.05) is 24.3 Å². The van der Waals surface area contributed by atoms with Crippen LogP contribution in [0.4, 0.5) is 9.18 Å². The van der Waals surface area contributed by atoms with E-state index < -0.39 is 17.4 Å². The molecule has 0 spiro atoms. The highest BCUT2D eigenvalue weighted by Crippen LogP contribution is 2.29. The first-order valence-electron chi connectivity index (χ1n) is 9.06. The minimum atomic E-state index is -1.10. The molecule has 3 amide bonds. The number of carbonyl (C=O) groups is 2. The third kappa shape index (κ3) is 3.94. The van der Waals surface area contributed by atoms with Crippen molar-refractivity contribution < 1.29 is 18.7 Å². The number of amides is 3. The van der Waals surface area contributed by atoms with Gasteiger partial charge in [0.2, 0.25) is 0 Å². The van der Waals surface area contributed by atoms with Crippen molar-refractivity contribution in [3.05, 3.63) is 65.5 Å². The minimum Gasteiger partial charge on any atom is -0.492 e. The third-order valence-corrected chi connectivity index (χ3v) is 4.72. The Bertz CT molecular complexity index is 838. The van der Waals surface area contributed by atoms with Crippen molar-refractivity contribution >= 4 is 11.9 Å². The van der Waals surface area contributed by atoms with Gasteiger partial charge in [-0.15, -0.1) is 0 Å². The summed E-state index contributed by atoms with van der Waals surface area (Å²) in [6.45, 7) is 3.99. The van der Waals surface area contributed by atoms with Gasteiger partial charge in [0.25, 0.3) is 5.91 Å². The minimum absolute atomic E-state index is 0.0880. The van der Waals surface area contributed by atoms with Gasteiger partial charge in [0, 0.05) is 6.07 Å². The summed E-state index contributed by atoms with van der Waals surface area (Å²) in [5.74, 6) is -0.364. The number of hydrogen-bond donors (Lipinski definition) is 1. The Morgan fingerprint density at radius 2 is 1.89 bits per heavy atom. The summed E-state index contributed by atoms with van der Waals surface area (Å²) >= 11 is 0. The van der Waals surface area contributed by atoms with Gasteiger partial charge < -0.3 is 10.1 Å².